The van der Waals surface area contributed by atoms with E-state index in [1.807, 2.05) is 60.7 Å². The average molecular weight is 392 g/mol. The van der Waals surface area contributed by atoms with Gasteiger partial charge in [0, 0.05) is 10.9 Å². The van der Waals surface area contributed by atoms with Crippen LogP contribution >= 0.6 is 11.6 Å². The molecule has 0 spiro atoms. The van der Waals surface area contributed by atoms with E-state index in [0.717, 1.165) is 28.1 Å². The van der Waals surface area contributed by atoms with Gasteiger partial charge in [-0.05, 0) is 46.7 Å². The maximum absolute atomic E-state index is 12.7. The van der Waals surface area contributed by atoms with Crippen molar-refractivity contribution in [3.63, 3.8) is 0 Å². The summed E-state index contributed by atoms with van der Waals surface area (Å²) in [6, 6.07) is 25.3. The number of carbonyl (C=O) groups excluding carboxylic acids is 1. The summed E-state index contributed by atoms with van der Waals surface area (Å²) in [5, 5.41) is 13.4. The lowest BCUT2D eigenvalue weighted by atomic mass is 10.0. The minimum absolute atomic E-state index is 0.00444. The van der Waals surface area contributed by atoms with E-state index in [1.165, 1.54) is 5.56 Å². The maximum atomic E-state index is 12.7. The van der Waals surface area contributed by atoms with Crippen molar-refractivity contribution in [1.29, 1.82) is 0 Å². The van der Waals surface area contributed by atoms with Crippen LogP contribution in [0.25, 0.3) is 11.1 Å². The van der Waals surface area contributed by atoms with Crippen molar-refractivity contribution in [2.75, 3.05) is 6.61 Å². The van der Waals surface area contributed by atoms with E-state index in [4.69, 9.17) is 11.6 Å². The third-order valence-corrected chi connectivity index (χ3v) is 5.57. The molecule has 1 saturated carbocycles. The van der Waals surface area contributed by atoms with Gasteiger partial charge in [0.25, 0.3) is 0 Å². The van der Waals surface area contributed by atoms with Crippen LogP contribution in [-0.2, 0) is 4.79 Å². The van der Waals surface area contributed by atoms with Crippen LogP contribution in [0.5, 0.6) is 0 Å². The number of aliphatic hydroxyl groups is 1. The topological polar surface area (TPSA) is 49.3 Å². The highest BCUT2D eigenvalue weighted by Crippen LogP contribution is 2.48. The van der Waals surface area contributed by atoms with E-state index in [-0.39, 0.29) is 30.4 Å². The quantitative estimate of drug-likeness (QED) is 0.623. The van der Waals surface area contributed by atoms with Crippen LogP contribution in [0.3, 0.4) is 0 Å². The summed E-state index contributed by atoms with van der Waals surface area (Å²) in [4.78, 5) is 12.7. The lowest BCUT2D eigenvalue weighted by Crippen LogP contribution is -2.32. The minimum atomic E-state index is -0.365. The predicted molar refractivity (Wildman–Crippen MR) is 112 cm³/mol. The molecule has 0 saturated heterocycles. The fraction of sp³-hybridized carbons (Fsp3) is 0.208. The van der Waals surface area contributed by atoms with Gasteiger partial charge in [0.2, 0.25) is 5.91 Å². The smallest absolute Gasteiger partial charge is 0.224 e. The molecule has 4 rings (SSSR count). The zero-order chi connectivity index (χ0) is 19.5. The molecule has 0 heterocycles. The molecule has 0 aromatic heterocycles. The molecule has 1 aliphatic carbocycles. The van der Waals surface area contributed by atoms with Crippen LogP contribution in [0, 0.1) is 5.92 Å². The zero-order valence-corrected chi connectivity index (χ0v) is 16.1. The second-order valence-corrected chi connectivity index (χ2v) is 7.67. The molecule has 0 aliphatic heterocycles. The first-order valence-electron chi connectivity index (χ1n) is 9.48. The Morgan fingerprint density at radius 3 is 2.46 bits per heavy atom. The first-order chi connectivity index (χ1) is 13.7. The Morgan fingerprint density at radius 1 is 1.00 bits per heavy atom. The SMILES string of the molecule is O=C(N[C@@H](CO)c1ccccc1)[C@@H]1C[C@H]1c1cccc(-c2ccc(Cl)cc2)c1. The summed E-state index contributed by atoms with van der Waals surface area (Å²) in [6.45, 7) is -0.112. The fourth-order valence-electron chi connectivity index (χ4n) is 3.64. The molecule has 0 radical (unpaired) electrons. The second kappa shape index (κ2) is 8.17. The maximum Gasteiger partial charge on any atom is 0.224 e. The number of carbonyl (C=O) groups is 1. The summed E-state index contributed by atoms with van der Waals surface area (Å²) in [5.41, 5.74) is 4.32. The van der Waals surface area contributed by atoms with Crippen molar-refractivity contribution in [2.45, 2.75) is 18.4 Å². The molecule has 142 valence electrons. The Kier molecular flexibility index (Phi) is 5.47. The van der Waals surface area contributed by atoms with Crippen molar-refractivity contribution in [1.82, 2.24) is 5.32 Å². The zero-order valence-electron chi connectivity index (χ0n) is 15.4. The molecule has 2 N–H and O–H groups in total. The van der Waals surface area contributed by atoms with Gasteiger partial charge in [0.05, 0.1) is 12.6 Å². The average Bonchev–Trinajstić information content (AvgIpc) is 3.54. The Balaban J connectivity index is 1.44. The van der Waals surface area contributed by atoms with E-state index in [0.29, 0.717) is 0 Å². The van der Waals surface area contributed by atoms with E-state index in [9.17, 15) is 9.90 Å². The molecular formula is C24H22ClNO2. The number of rotatable bonds is 6. The monoisotopic (exact) mass is 391 g/mol. The summed E-state index contributed by atoms with van der Waals surface area (Å²) < 4.78 is 0. The number of hydrogen-bond acceptors (Lipinski definition) is 2. The molecular weight excluding hydrogens is 370 g/mol. The highest BCUT2D eigenvalue weighted by atomic mass is 35.5. The largest absolute Gasteiger partial charge is 0.394 e. The van der Waals surface area contributed by atoms with Crippen molar-refractivity contribution in [2.24, 2.45) is 5.92 Å². The van der Waals surface area contributed by atoms with Crippen LogP contribution in [0.2, 0.25) is 5.02 Å². The van der Waals surface area contributed by atoms with Gasteiger partial charge in [-0.1, -0.05) is 78.3 Å². The van der Waals surface area contributed by atoms with Gasteiger partial charge in [-0.25, -0.2) is 0 Å². The second-order valence-electron chi connectivity index (χ2n) is 7.24. The summed E-state index contributed by atoms with van der Waals surface area (Å²) in [7, 11) is 0. The van der Waals surface area contributed by atoms with Gasteiger partial charge in [-0.15, -0.1) is 0 Å². The van der Waals surface area contributed by atoms with Crippen molar-refractivity contribution >= 4 is 17.5 Å². The Morgan fingerprint density at radius 2 is 1.75 bits per heavy atom. The first kappa shape index (κ1) is 18.7. The predicted octanol–water partition coefficient (Wildman–Crippen LogP) is 4.96. The number of halogens is 1. The highest BCUT2D eigenvalue weighted by molar-refractivity contribution is 6.30. The van der Waals surface area contributed by atoms with E-state index < -0.39 is 0 Å². The van der Waals surface area contributed by atoms with Crippen LogP contribution in [0.1, 0.15) is 29.5 Å². The minimum Gasteiger partial charge on any atom is -0.394 e. The standard InChI is InChI=1S/C24H22ClNO2/c25-20-11-9-16(10-12-20)18-7-4-8-19(13-18)21-14-22(21)24(28)26-23(15-27)17-5-2-1-3-6-17/h1-13,21-23,27H,14-15H2,(H,26,28)/t21-,22+,23-/m0/s1. The number of amides is 1. The fourth-order valence-corrected chi connectivity index (χ4v) is 3.77. The molecule has 1 amide bonds. The Labute approximate surface area is 170 Å². The molecule has 0 bridgehead atoms. The third-order valence-electron chi connectivity index (χ3n) is 5.32. The number of hydrogen-bond donors (Lipinski definition) is 2. The lowest BCUT2D eigenvalue weighted by molar-refractivity contribution is -0.123. The lowest BCUT2D eigenvalue weighted by Gasteiger charge is -2.16. The van der Waals surface area contributed by atoms with Crippen LogP contribution < -0.4 is 5.32 Å². The summed E-state index contributed by atoms with van der Waals surface area (Å²) >= 11 is 5.98. The first-order valence-corrected chi connectivity index (χ1v) is 9.85. The van der Waals surface area contributed by atoms with Gasteiger partial charge >= 0.3 is 0 Å². The van der Waals surface area contributed by atoms with Gasteiger partial charge in [-0.2, -0.15) is 0 Å². The van der Waals surface area contributed by atoms with E-state index in [2.05, 4.69) is 23.5 Å². The molecule has 0 unspecified atom stereocenters. The third kappa shape index (κ3) is 4.11. The molecule has 4 heteroatoms. The Bertz CT molecular complexity index is 956. The molecule has 1 aliphatic rings. The van der Waals surface area contributed by atoms with Crippen LogP contribution in [-0.4, -0.2) is 17.6 Å². The molecule has 1 fully saturated rings. The van der Waals surface area contributed by atoms with Gasteiger partial charge in [-0.3, -0.25) is 4.79 Å². The van der Waals surface area contributed by atoms with Crippen LogP contribution in [0.15, 0.2) is 78.9 Å². The normalized spacial score (nSPS) is 19.1. The van der Waals surface area contributed by atoms with E-state index in [1.54, 1.807) is 0 Å². The summed E-state index contributed by atoms with van der Waals surface area (Å²) in [5.74, 6) is 0.186. The molecule has 3 atom stereocenters. The van der Waals surface area contributed by atoms with Crippen molar-refractivity contribution < 1.29 is 9.90 Å². The van der Waals surface area contributed by atoms with Gasteiger partial charge in [0.15, 0.2) is 0 Å². The number of nitrogens with one attached hydrogen (secondary N) is 1. The number of aliphatic hydroxyl groups excluding tert-OH is 1. The van der Waals surface area contributed by atoms with Gasteiger partial charge < -0.3 is 10.4 Å². The number of benzene rings is 3. The molecule has 3 aromatic rings. The van der Waals surface area contributed by atoms with Crippen molar-refractivity contribution in [3.8, 4) is 11.1 Å². The molecule has 3 aromatic carbocycles. The molecule has 3 nitrogen and oxygen atoms in total. The van der Waals surface area contributed by atoms with E-state index >= 15 is 0 Å². The van der Waals surface area contributed by atoms with Crippen molar-refractivity contribution in [3.05, 3.63) is 95.0 Å². The molecule has 28 heavy (non-hydrogen) atoms. The highest BCUT2D eigenvalue weighted by Gasteiger charge is 2.44. The Hall–Kier alpha value is -2.62. The van der Waals surface area contributed by atoms with Gasteiger partial charge in [0.1, 0.15) is 0 Å². The summed E-state index contributed by atoms with van der Waals surface area (Å²) in [6.07, 6.45) is 0.836. The van der Waals surface area contributed by atoms with Crippen LogP contribution in [0.4, 0.5) is 0 Å².